The fraction of sp³-hybridized carbons (Fsp3) is 0.214. The van der Waals surface area contributed by atoms with Gasteiger partial charge in [0.25, 0.3) is 0 Å². The first-order valence-electron chi connectivity index (χ1n) is 6.92. The molecule has 0 saturated carbocycles. The van der Waals surface area contributed by atoms with E-state index >= 15 is 0 Å². The molecule has 0 atom stereocenters. The summed E-state index contributed by atoms with van der Waals surface area (Å²) >= 11 is 3.39. The molecule has 1 aliphatic rings. The molecule has 1 aromatic carbocycles. The van der Waals surface area contributed by atoms with Gasteiger partial charge in [-0.2, -0.15) is 5.10 Å². The molecule has 0 radical (unpaired) electrons. The van der Waals surface area contributed by atoms with Crippen LogP contribution in [0.4, 0.5) is 22.1 Å². The van der Waals surface area contributed by atoms with Crippen LogP contribution in [0.25, 0.3) is 0 Å². The third-order valence-corrected chi connectivity index (χ3v) is 3.98. The van der Waals surface area contributed by atoms with Crippen LogP contribution in [0, 0.1) is 0 Å². The highest BCUT2D eigenvalue weighted by atomic mass is 79.9. The highest BCUT2D eigenvalue weighted by Gasteiger charge is 2.24. The van der Waals surface area contributed by atoms with E-state index in [9.17, 15) is 9.59 Å². The van der Waals surface area contributed by atoms with Gasteiger partial charge in [-0.1, -0.05) is 15.9 Å². The molecular formula is C14H15BrN6O2. The Morgan fingerprint density at radius 1 is 1.26 bits per heavy atom. The van der Waals surface area contributed by atoms with Crippen molar-refractivity contribution >= 4 is 45.2 Å². The topological polar surface area (TPSA) is 105 Å². The maximum Gasteiger partial charge on any atom is 0.320 e. The van der Waals surface area contributed by atoms with E-state index in [0.717, 1.165) is 22.5 Å². The van der Waals surface area contributed by atoms with E-state index in [4.69, 9.17) is 5.73 Å². The molecule has 1 aliphatic heterocycles. The van der Waals surface area contributed by atoms with Crippen LogP contribution in [0.3, 0.4) is 0 Å². The molecule has 0 unspecified atom stereocenters. The number of hydrogen-bond donors (Lipinski definition) is 3. The van der Waals surface area contributed by atoms with Crippen molar-refractivity contribution in [2.24, 2.45) is 5.73 Å². The van der Waals surface area contributed by atoms with Crippen molar-refractivity contribution in [1.82, 2.24) is 15.1 Å². The van der Waals surface area contributed by atoms with Gasteiger partial charge in [-0.05, 0) is 18.2 Å². The third-order valence-electron chi connectivity index (χ3n) is 3.52. The molecular weight excluding hydrogens is 364 g/mol. The largest absolute Gasteiger partial charge is 0.366 e. The van der Waals surface area contributed by atoms with E-state index in [0.29, 0.717) is 17.9 Å². The number of urea groups is 1. The van der Waals surface area contributed by atoms with Gasteiger partial charge in [0.15, 0.2) is 5.82 Å². The van der Waals surface area contributed by atoms with E-state index in [1.807, 2.05) is 11.0 Å². The first-order valence-corrected chi connectivity index (χ1v) is 7.72. The number of carbonyl (C=O) groups is 2. The lowest BCUT2D eigenvalue weighted by Crippen LogP contribution is -2.24. The molecule has 0 aliphatic carbocycles. The van der Waals surface area contributed by atoms with Crippen molar-refractivity contribution in [1.29, 1.82) is 0 Å². The first kappa shape index (κ1) is 15.3. The van der Waals surface area contributed by atoms with Crippen molar-refractivity contribution < 1.29 is 9.59 Å². The highest BCUT2D eigenvalue weighted by Crippen LogP contribution is 2.34. The average molecular weight is 379 g/mol. The summed E-state index contributed by atoms with van der Waals surface area (Å²) in [6.07, 6.45) is 0. The number of nitrogens with zero attached hydrogens (tertiary/aromatic N) is 3. The number of aromatic nitrogens is 2. The van der Waals surface area contributed by atoms with Crippen molar-refractivity contribution in [2.75, 3.05) is 23.8 Å². The molecule has 4 N–H and O–H groups in total. The normalized spacial score (nSPS) is 12.9. The number of rotatable bonds is 3. The van der Waals surface area contributed by atoms with E-state index < -0.39 is 5.91 Å². The maximum absolute atomic E-state index is 11.4. The van der Waals surface area contributed by atoms with Gasteiger partial charge in [-0.3, -0.25) is 10.1 Å². The van der Waals surface area contributed by atoms with Crippen molar-refractivity contribution in [2.45, 2.75) is 6.54 Å². The number of fused-ring (bicyclic) bond motifs is 1. The van der Waals surface area contributed by atoms with Crippen LogP contribution >= 0.6 is 15.9 Å². The Balaban J connectivity index is 1.93. The average Bonchev–Trinajstić information content (AvgIpc) is 3.06. The van der Waals surface area contributed by atoms with Crippen LogP contribution in [-0.2, 0) is 6.54 Å². The summed E-state index contributed by atoms with van der Waals surface area (Å²) in [7, 11) is 1.54. The fourth-order valence-electron chi connectivity index (χ4n) is 2.47. The van der Waals surface area contributed by atoms with Crippen molar-refractivity contribution in [3.63, 3.8) is 0 Å². The molecule has 0 spiro atoms. The number of primary amides is 1. The number of carbonyl (C=O) groups excluding carboxylic acids is 2. The summed E-state index contributed by atoms with van der Waals surface area (Å²) in [5.74, 6) is 0.821. The van der Waals surface area contributed by atoms with Crippen LogP contribution in [0.5, 0.6) is 0 Å². The second-order valence-electron chi connectivity index (χ2n) is 5.03. The van der Waals surface area contributed by atoms with Gasteiger partial charge in [0.05, 0.1) is 6.54 Å². The number of amides is 3. The molecule has 8 nitrogen and oxygen atoms in total. The zero-order valence-electron chi connectivity index (χ0n) is 12.3. The summed E-state index contributed by atoms with van der Waals surface area (Å²) in [5.41, 5.74) is 6.63. The number of hydrogen-bond acceptors (Lipinski definition) is 4. The molecule has 2 heterocycles. The monoisotopic (exact) mass is 378 g/mol. The number of halogens is 1. The fourth-order valence-corrected chi connectivity index (χ4v) is 2.95. The lowest BCUT2D eigenvalue weighted by molar-refractivity contribution is 0.1000. The number of nitrogens with one attached hydrogen (secondary N) is 2. The Morgan fingerprint density at radius 3 is 2.74 bits per heavy atom. The number of nitrogens with two attached hydrogens (primary N) is 1. The minimum absolute atomic E-state index is 0.327. The van der Waals surface area contributed by atoms with Crippen LogP contribution in [-0.4, -0.2) is 35.3 Å². The molecule has 9 heteroatoms. The van der Waals surface area contributed by atoms with Gasteiger partial charge < -0.3 is 16.0 Å². The summed E-state index contributed by atoms with van der Waals surface area (Å²) in [4.78, 5) is 24.8. The summed E-state index contributed by atoms with van der Waals surface area (Å²) in [6, 6.07) is 6.78. The standard InChI is InChI=1S/C14H15BrN6O2/c1-17-14(23)18-11-7-12-20(2-3-21(12)19-11)10-5-8(13(16)22)4-9(15)6-10/h4-7H,2-3H2,1H3,(H2,16,22)(H2,17,18,19,23). The predicted molar refractivity (Wildman–Crippen MR) is 90.0 cm³/mol. The Hall–Kier alpha value is -2.55. The molecule has 120 valence electrons. The SMILES string of the molecule is CNC(=O)Nc1cc2n(n1)CCN2c1cc(Br)cc(C(N)=O)c1. The van der Waals surface area contributed by atoms with Crippen LogP contribution < -0.4 is 21.3 Å². The molecule has 1 aromatic heterocycles. The van der Waals surface area contributed by atoms with Crippen LogP contribution in [0.1, 0.15) is 10.4 Å². The lowest BCUT2D eigenvalue weighted by atomic mass is 10.2. The second kappa shape index (κ2) is 5.92. The first-order chi connectivity index (χ1) is 11.0. The predicted octanol–water partition coefficient (Wildman–Crippen LogP) is 1.65. The van der Waals surface area contributed by atoms with E-state index in [1.54, 1.807) is 22.9 Å². The Kier molecular flexibility index (Phi) is 3.95. The summed E-state index contributed by atoms with van der Waals surface area (Å²) in [6.45, 7) is 1.40. The number of benzene rings is 1. The molecule has 3 amide bonds. The smallest absolute Gasteiger partial charge is 0.320 e. The number of anilines is 3. The van der Waals surface area contributed by atoms with Gasteiger partial charge in [0.2, 0.25) is 5.91 Å². The minimum atomic E-state index is -0.484. The van der Waals surface area contributed by atoms with Gasteiger partial charge in [0, 0.05) is 35.4 Å². The maximum atomic E-state index is 11.4. The van der Waals surface area contributed by atoms with E-state index in [-0.39, 0.29) is 6.03 Å². The molecule has 0 fully saturated rings. The van der Waals surface area contributed by atoms with Gasteiger partial charge in [0.1, 0.15) is 5.82 Å². The summed E-state index contributed by atoms with van der Waals surface area (Å²) < 4.78 is 2.57. The highest BCUT2D eigenvalue weighted by molar-refractivity contribution is 9.10. The van der Waals surface area contributed by atoms with Crippen molar-refractivity contribution in [3.05, 3.63) is 34.3 Å². The van der Waals surface area contributed by atoms with Gasteiger partial charge in [-0.25, -0.2) is 9.48 Å². The van der Waals surface area contributed by atoms with Crippen LogP contribution in [0.15, 0.2) is 28.7 Å². The zero-order valence-corrected chi connectivity index (χ0v) is 13.9. The summed E-state index contributed by atoms with van der Waals surface area (Å²) in [5, 5.41) is 9.45. The molecule has 0 bridgehead atoms. The molecule has 0 saturated heterocycles. The molecule has 2 aromatic rings. The Morgan fingerprint density at radius 2 is 2.04 bits per heavy atom. The van der Waals surface area contributed by atoms with Gasteiger partial charge in [-0.15, -0.1) is 0 Å². The van der Waals surface area contributed by atoms with Crippen molar-refractivity contribution in [3.8, 4) is 0 Å². The molecule has 23 heavy (non-hydrogen) atoms. The zero-order chi connectivity index (χ0) is 16.6. The van der Waals surface area contributed by atoms with Crippen LogP contribution in [0.2, 0.25) is 0 Å². The minimum Gasteiger partial charge on any atom is -0.366 e. The Bertz CT molecular complexity index is 788. The lowest BCUT2D eigenvalue weighted by Gasteiger charge is -2.18. The Labute approximate surface area is 140 Å². The van der Waals surface area contributed by atoms with E-state index in [2.05, 4.69) is 31.7 Å². The third kappa shape index (κ3) is 3.00. The molecule has 3 rings (SSSR count). The quantitative estimate of drug-likeness (QED) is 0.754. The van der Waals surface area contributed by atoms with E-state index in [1.165, 1.54) is 7.05 Å². The second-order valence-corrected chi connectivity index (χ2v) is 5.94. The van der Waals surface area contributed by atoms with Gasteiger partial charge >= 0.3 is 6.03 Å².